The molecule has 0 aromatic carbocycles. The zero-order chi connectivity index (χ0) is 12.4. The van der Waals surface area contributed by atoms with E-state index < -0.39 is 5.97 Å². The van der Waals surface area contributed by atoms with Crippen molar-refractivity contribution in [2.75, 3.05) is 7.11 Å². The van der Waals surface area contributed by atoms with Crippen molar-refractivity contribution in [1.82, 2.24) is 20.1 Å². The SMILES string of the molecule is COC(C)c1noc(-c2[nH]cnc2C(=O)O)n1. The monoisotopic (exact) mass is 238 g/mol. The fourth-order valence-corrected chi connectivity index (χ4v) is 1.23. The van der Waals surface area contributed by atoms with E-state index >= 15 is 0 Å². The molecule has 0 saturated carbocycles. The first-order chi connectivity index (χ1) is 8.13. The van der Waals surface area contributed by atoms with Gasteiger partial charge < -0.3 is 19.4 Å². The van der Waals surface area contributed by atoms with Gasteiger partial charge in [0.05, 0.1) is 6.33 Å². The molecule has 0 saturated heterocycles. The van der Waals surface area contributed by atoms with Crippen LogP contribution in [-0.4, -0.2) is 38.3 Å². The van der Waals surface area contributed by atoms with Crippen molar-refractivity contribution < 1.29 is 19.2 Å². The van der Waals surface area contributed by atoms with E-state index in [0.29, 0.717) is 5.82 Å². The molecular formula is C9H10N4O4. The molecule has 1 atom stereocenters. The summed E-state index contributed by atoms with van der Waals surface area (Å²) < 4.78 is 9.96. The second kappa shape index (κ2) is 4.34. The van der Waals surface area contributed by atoms with E-state index in [2.05, 4.69) is 20.1 Å². The largest absolute Gasteiger partial charge is 0.476 e. The molecule has 0 aliphatic rings. The summed E-state index contributed by atoms with van der Waals surface area (Å²) in [6.45, 7) is 1.75. The van der Waals surface area contributed by atoms with Gasteiger partial charge in [0.2, 0.25) is 5.82 Å². The Morgan fingerprint density at radius 3 is 3.06 bits per heavy atom. The predicted octanol–water partition coefficient (Wildman–Crippen LogP) is 0.865. The Balaban J connectivity index is 2.37. The molecule has 2 heterocycles. The maximum Gasteiger partial charge on any atom is 0.356 e. The average molecular weight is 238 g/mol. The number of aromatic amines is 1. The van der Waals surface area contributed by atoms with Gasteiger partial charge in [-0.15, -0.1) is 0 Å². The van der Waals surface area contributed by atoms with Gasteiger partial charge in [-0.1, -0.05) is 5.16 Å². The first kappa shape index (κ1) is 11.3. The van der Waals surface area contributed by atoms with Crippen LogP contribution in [-0.2, 0) is 4.74 Å². The molecule has 0 amide bonds. The van der Waals surface area contributed by atoms with Crippen LogP contribution in [0.5, 0.6) is 0 Å². The van der Waals surface area contributed by atoms with Crippen LogP contribution in [0.25, 0.3) is 11.6 Å². The molecule has 2 rings (SSSR count). The van der Waals surface area contributed by atoms with Gasteiger partial charge in [-0.25, -0.2) is 9.78 Å². The number of hydrogen-bond donors (Lipinski definition) is 2. The molecule has 0 aliphatic heterocycles. The smallest absolute Gasteiger partial charge is 0.356 e. The van der Waals surface area contributed by atoms with E-state index in [1.165, 1.54) is 13.4 Å². The van der Waals surface area contributed by atoms with Gasteiger partial charge in [0.1, 0.15) is 11.8 Å². The fourth-order valence-electron chi connectivity index (χ4n) is 1.23. The molecular weight excluding hydrogens is 228 g/mol. The van der Waals surface area contributed by atoms with E-state index in [9.17, 15) is 4.79 Å². The molecule has 0 radical (unpaired) electrons. The number of ether oxygens (including phenoxy) is 1. The quantitative estimate of drug-likeness (QED) is 0.811. The van der Waals surface area contributed by atoms with Crippen LogP contribution in [0.2, 0.25) is 0 Å². The molecule has 2 aromatic rings. The van der Waals surface area contributed by atoms with Gasteiger partial charge in [-0.05, 0) is 6.92 Å². The number of carbonyl (C=O) groups is 1. The average Bonchev–Trinajstić information content (AvgIpc) is 2.95. The molecule has 0 bridgehead atoms. The molecule has 8 heteroatoms. The van der Waals surface area contributed by atoms with E-state index in [-0.39, 0.29) is 23.4 Å². The summed E-state index contributed by atoms with van der Waals surface area (Å²) in [5.41, 5.74) is 0.0184. The van der Waals surface area contributed by atoms with Gasteiger partial charge in [-0.2, -0.15) is 4.98 Å². The highest BCUT2D eigenvalue weighted by Gasteiger charge is 2.21. The van der Waals surface area contributed by atoms with E-state index in [1.54, 1.807) is 6.92 Å². The fraction of sp³-hybridized carbons (Fsp3) is 0.333. The summed E-state index contributed by atoms with van der Waals surface area (Å²) in [6.07, 6.45) is 0.922. The Morgan fingerprint density at radius 1 is 1.65 bits per heavy atom. The molecule has 8 nitrogen and oxygen atoms in total. The number of aromatic carboxylic acids is 1. The number of carboxylic acid groups (broad SMARTS) is 1. The number of carboxylic acids is 1. The Morgan fingerprint density at radius 2 is 2.41 bits per heavy atom. The Labute approximate surface area is 95.6 Å². The highest BCUT2D eigenvalue weighted by Crippen LogP contribution is 2.21. The van der Waals surface area contributed by atoms with Crippen LogP contribution < -0.4 is 0 Å². The number of rotatable bonds is 4. The second-order valence-corrected chi connectivity index (χ2v) is 3.27. The minimum Gasteiger partial charge on any atom is -0.476 e. The van der Waals surface area contributed by atoms with Crippen LogP contribution in [0.15, 0.2) is 10.9 Å². The number of hydrogen-bond acceptors (Lipinski definition) is 6. The van der Waals surface area contributed by atoms with E-state index in [4.69, 9.17) is 14.4 Å². The summed E-state index contributed by atoms with van der Waals surface area (Å²) in [7, 11) is 1.51. The minimum atomic E-state index is -1.17. The molecule has 0 fully saturated rings. The third-order valence-corrected chi connectivity index (χ3v) is 2.21. The highest BCUT2D eigenvalue weighted by molar-refractivity contribution is 5.91. The van der Waals surface area contributed by atoms with Crippen LogP contribution in [0, 0.1) is 0 Å². The Bertz CT molecular complexity index is 533. The van der Waals surface area contributed by atoms with E-state index in [1.807, 2.05) is 0 Å². The summed E-state index contributed by atoms with van der Waals surface area (Å²) >= 11 is 0. The molecule has 0 spiro atoms. The molecule has 2 aromatic heterocycles. The molecule has 1 unspecified atom stereocenters. The maximum atomic E-state index is 10.9. The van der Waals surface area contributed by atoms with Crippen LogP contribution >= 0.6 is 0 Å². The first-order valence-electron chi connectivity index (χ1n) is 4.77. The van der Waals surface area contributed by atoms with Crippen molar-refractivity contribution in [3.8, 4) is 11.6 Å². The number of nitrogens with zero attached hydrogens (tertiary/aromatic N) is 3. The molecule has 90 valence electrons. The zero-order valence-corrected chi connectivity index (χ0v) is 9.17. The summed E-state index contributed by atoms with van der Waals surface area (Å²) in [6, 6.07) is 0. The van der Waals surface area contributed by atoms with Gasteiger partial charge in [0, 0.05) is 7.11 Å². The topological polar surface area (TPSA) is 114 Å². The Hall–Kier alpha value is -2.22. The van der Waals surface area contributed by atoms with Crippen LogP contribution in [0.4, 0.5) is 0 Å². The molecule has 17 heavy (non-hydrogen) atoms. The predicted molar refractivity (Wildman–Crippen MR) is 54.3 cm³/mol. The highest BCUT2D eigenvalue weighted by atomic mass is 16.5. The lowest BCUT2D eigenvalue weighted by Crippen LogP contribution is -2.00. The lowest BCUT2D eigenvalue weighted by atomic mass is 10.3. The van der Waals surface area contributed by atoms with Gasteiger partial charge in [-0.3, -0.25) is 0 Å². The van der Waals surface area contributed by atoms with Crippen LogP contribution in [0.3, 0.4) is 0 Å². The number of aromatic nitrogens is 4. The van der Waals surface area contributed by atoms with Gasteiger partial charge in [0.15, 0.2) is 5.69 Å². The van der Waals surface area contributed by atoms with Crippen molar-refractivity contribution in [3.63, 3.8) is 0 Å². The lowest BCUT2D eigenvalue weighted by molar-refractivity contribution is 0.0691. The van der Waals surface area contributed by atoms with Crippen molar-refractivity contribution in [2.24, 2.45) is 0 Å². The number of nitrogens with one attached hydrogen (secondary N) is 1. The number of methoxy groups -OCH3 is 1. The second-order valence-electron chi connectivity index (χ2n) is 3.27. The third kappa shape index (κ3) is 2.02. The maximum absolute atomic E-state index is 10.9. The van der Waals surface area contributed by atoms with Gasteiger partial charge in [0.25, 0.3) is 5.89 Å². The standard InChI is InChI=1S/C9H10N4O4/c1-4(16-2)7-12-8(17-13-7)5-6(9(14)15)11-3-10-5/h3-4H,1-2H3,(H,10,11)(H,14,15). The summed E-state index contributed by atoms with van der Waals surface area (Å²) in [5, 5.41) is 12.6. The van der Waals surface area contributed by atoms with Gasteiger partial charge >= 0.3 is 5.97 Å². The normalized spacial score (nSPS) is 12.6. The summed E-state index contributed by atoms with van der Waals surface area (Å²) in [5.74, 6) is -0.756. The van der Waals surface area contributed by atoms with Crippen LogP contribution in [0.1, 0.15) is 29.3 Å². The number of H-pyrrole nitrogens is 1. The van der Waals surface area contributed by atoms with Crippen molar-refractivity contribution in [3.05, 3.63) is 17.8 Å². The summed E-state index contributed by atoms with van der Waals surface area (Å²) in [4.78, 5) is 21.2. The minimum absolute atomic E-state index is 0.0683. The zero-order valence-electron chi connectivity index (χ0n) is 9.17. The Kier molecular flexibility index (Phi) is 2.88. The van der Waals surface area contributed by atoms with Crippen molar-refractivity contribution >= 4 is 5.97 Å². The lowest BCUT2D eigenvalue weighted by Gasteiger charge is -2.00. The molecule has 0 aliphatic carbocycles. The molecule has 2 N–H and O–H groups in total. The number of imidazole rings is 1. The van der Waals surface area contributed by atoms with Crippen molar-refractivity contribution in [1.29, 1.82) is 0 Å². The van der Waals surface area contributed by atoms with E-state index in [0.717, 1.165) is 0 Å². The third-order valence-electron chi connectivity index (χ3n) is 2.21. The first-order valence-corrected chi connectivity index (χ1v) is 4.77. The van der Waals surface area contributed by atoms with Crippen molar-refractivity contribution in [2.45, 2.75) is 13.0 Å².